The highest BCUT2D eigenvalue weighted by Gasteiger charge is 2.09. The predicted octanol–water partition coefficient (Wildman–Crippen LogP) is 2.28. The molecule has 0 aliphatic rings. The topological polar surface area (TPSA) is 73.9 Å². The van der Waals surface area contributed by atoms with Gasteiger partial charge in [0.05, 0.1) is 7.11 Å². The van der Waals surface area contributed by atoms with E-state index in [0.717, 1.165) is 22.0 Å². The summed E-state index contributed by atoms with van der Waals surface area (Å²) >= 11 is 0. The Hall–Kier alpha value is -2.69. The number of nitrogens with two attached hydrogens (primary N) is 1. The maximum Gasteiger partial charge on any atom is 0.213 e. The molecule has 0 amide bonds. The second-order valence-electron chi connectivity index (χ2n) is 4.07. The van der Waals surface area contributed by atoms with Crippen LogP contribution in [0.4, 0.5) is 5.82 Å². The fourth-order valence-electron chi connectivity index (χ4n) is 2.01. The molecule has 19 heavy (non-hydrogen) atoms. The Balaban J connectivity index is 2.28. The number of nitrogen functional groups attached to an aromatic ring is 1. The predicted molar refractivity (Wildman–Crippen MR) is 73.7 cm³/mol. The highest BCUT2D eigenvalue weighted by molar-refractivity contribution is 5.99. The second-order valence-corrected chi connectivity index (χ2v) is 4.07. The SMILES string of the molecule is COc1cc(-c2nnc(N)c3ccccc23)ccn1. The van der Waals surface area contributed by atoms with Crippen LogP contribution in [0.1, 0.15) is 0 Å². The van der Waals surface area contributed by atoms with Gasteiger partial charge >= 0.3 is 0 Å². The van der Waals surface area contributed by atoms with Crippen LogP contribution in [-0.4, -0.2) is 22.3 Å². The molecule has 0 saturated carbocycles. The number of aromatic nitrogens is 3. The minimum atomic E-state index is 0.431. The summed E-state index contributed by atoms with van der Waals surface area (Å²) in [6.45, 7) is 0. The molecule has 94 valence electrons. The zero-order valence-corrected chi connectivity index (χ0v) is 10.4. The van der Waals surface area contributed by atoms with Gasteiger partial charge in [-0.15, -0.1) is 10.2 Å². The first kappa shape index (κ1) is 11.4. The molecule has 5 nitrogen and oxygen atoms in total. The highest BCUT2D eigenvalue weighted by Crippen LogP contribution is 2.29. The molecule has 0 aliphatic heterocycles. The Morgan fingerprint density at radius 1 is 1.05 bits per heavy atom. The van der Waals surface area contributed by atoms with E-state index in [4.69, 9.17) is 10.5 Å². The van der Waals surface area contributed by atoms with E-state index in [1.54, 1.807) is 13.3 Å². The quantitative estimate of drug-likeness (QED) is 0.757. The number of pyridine rings is 1. The van der Waals surface area contributed by atoms with E-state index in [0.29, 0.717) is 11.7 Å². The average molecular weight is 252 g/mol. The summed E-state index contributed by atoms with van der Waals surface area (Å²) in [7, 11) is 1.58. The molecule has 0 bridgehead atoms. The molecule has 0 atom stereocenters. The molecule has 2 aromatic heterocycles. The number of methoxy groups -OCH3 is 1. The summed E-state index contributed by atoms with van der Waals surface area (Å²) in [5.74, 6) is 0.973. The number of hydrogen-bond acceptors (Lipinski definition) is 5. The molecule has 0 fully saturated rings. The van der Waals surface area contributed by atoms with Crippen molar-refractivity contribution in [1.82, 2.24) is 15.2 Å². The summed E-state index contributed by atoms with van der Waals surface area (Å²) in [6, 6.07) is 11.5. The smallest absolute Gasteiger partial charge is 0.213 e. The first-order chi connectivity index (χ1) is 9.29. The number of anilines is 1. The van der Waals surface area contributed by atoms with Crippen LogP contribution in [0.2, 0.25) is 0 Å². The normalized spacial score (nSPS) is 10.6. The minimum absolute atomic E-state index is 0.431. The number of fused-ring (bicyclic) bond motifs is 1. The molecule has 2 heterocycles. The number of ether oxygens (including phenoxy) is 1. The molecular weight excluding hydrogens is 240 g/mol. The van der Waals surface area contributed by atoms with E-state index in [-0.39, 0.29) is 0 Å². The van der Waals surface area contributed by atoms with Crippen LogP contribution in [0.5, 0.6) is 5.88 Å². The van der Waals surface area contributed by atoms with Gasteiger partial charge in [-0.1, -0.05) is 24.3 Å². The van der Waals surface area contributed by atoms with Crippen LogP contribution >= 0.6 is 0 Å². The fourth-order valence-corrected chi connectivity index (χ4v) is 2.01. The minimum Gasteiger partial charge on any atom is -0.481 e. The first-order valence-corrected chi connectivity index (χ1v) is 5.81. The van der Waals surface area contributed by atoms with Crippen LogP contribution < -0.4 is 10.5 Å². The van der Waals surface area contributed by atoms with Crippen LogP contribution in [-0.2, 0) is 0 Å². The van der Waals surface area contributed by atoms with Crippen molar-refractivity contribution in [2.75, 3.05) is 12.8 Å². The molecule has 3 rings (SSSR count). The number of hydrogen-bond donors (Lipinski definition) is 1. The van der Waals surface area contributed by atoms with Crippen molar-refractivity contribution >= 4 is 16.6 Å². The van der Waals surface area contributed by atoms with Crippen molar-refractivity contribution in [3.63, 3.8) is 0 Å². The van der Waals surface area contributed by atoms with Crippen molar-refractivity contribution in [2.45, 2.75) is 0 Å². The summed E-state index contributed by atoms with van der Waals surface area (Å²) in [5, 5.41) is 10.1. The van der Waals surface area contributed by atoms with Gasteiger partial charge in [0.25, 0.3) is 0 Å². The lowest BCUT2D eigenvalue weighted by atomic mass is 10.1. The van der Waals surface area contributed by atoms with Crippen LogP contribution in [0.25, 0.3) is 22.0 Å². The van der Waals surface area contributed by atoms with E-state index in [1.807, 2.05) is 36.4 Å². The van der Waals surface area contributed by atoms with Gasteiger partial charge in [-0.05, 0) is 6.07 Å². The number of benzene rings is 1. The lowest BCUT2D eigenvalue weighted by Crippen LogP contribution is -1.98. The summed E-state index contributed by atoms with van der Waals surface area (Å²) in [5.41, 5.74) is 7.52. The molecule has 5 heteroatoms. The maximum atomic E-state index is 5.85. The van der Waals surface area contributed by atoms with E-state index in [1.165, 1.54) is 0 Å². The van der Waals surface area contributed by atoms with Crippen molar-refractivity contribution in [2.24, 2.45) is 0 Å². The molecule has 0 saturated heterocycles. The Bertz CT molecular complexity index is 742. The second kappa shape index (κ2) is 4.53. The van der Waals surface area contributed by atoms with Gasteiger partial charge in [0.1, 0.15) is 5.69 Å². The maximum absolute atomic E-state index is 5.85. The Labute approximate surface area is 110 Å². The molecule has 3 aromatic rings. The lowest BCUT2D eigenvalue weighted by molar-refractivity contribution is 0.398. The van der Waals surface area contributed by atoms with Gasteiger partial charge in [-0.3, -0.25) is 0 Å². The van der Waals surface area contributed by atoms with Gasteiger partial charge in [-0.25, -0.2) is 4.98 Å². The fraction of sp³-hybridized carbons (Fsp3) is 0.0714. The molecule has 2 N–H and O–H groups in total. The average Bonchev–Trinajstić information content (AvgIpc) is 2.48. The van der Waals surface area contributed by atoms with Gasteiger partial charge in [0.15, 0.2) is 5.82 Å². The Kier molecular flexibility index (Phi) is 2.72. The molecule has 0 spiro atoms. The van der Waals surface area contributed by atoms with E-state index in [2.05, 4.69) is 15.2 Å². The zero-order valence-electron chi connectivity index (χ0n) is 10.4. The van der Waals surface area contributed by atoms with Crippen LogP contribution in [0.3, 0.4) is 0 Å². The van der Waals surface area contributed by atoms with Gasteiger partial charge < -0.3 is 10.5 Å². The molecule has 0 aliphatic carbocycles. The molecule has 0 unspecified atom stereocenters. The number of rotatable bonds is 2. The Morgan fingerprint density at radius 3 is 2.63 bits per heavy atom. The van der Waals surface area contributed by atoms with E-state index in [9.17, 15) is 0 Å². The zero-order chi connectivity index (χ0) is 13.2. The van der Waals surface area contributed by atoms with Crippen LogP contribution in [0.15, 0.2) is 42.6 Å². The molecule has 1 aromatic carbocycles. The standard InChI is InChI=1S/C14H12N4O/c1-19-12-8-9(6-7-16-12)13-10-4-2-3-5-11(10)14(15)18-17-13/h2-8H,1H3,(H2,15,18). The van der Waals surface area contributed by atoms with Crippen molar-refractivity contribution < 1.29 is 4.74 Å². The molecular formula is C14H12N4O. The third-order valence-electron chi connectivity index (χ3n) is 2.93. The first-order valence-electron chi connectivity index (χ1n) is 5.81. The third kappa shape index (κ3) is 1.95. The monoisotopic (exact) mass is 252 g/mol. The summed E-state index contributed by atoms with van der Waals surface area (Å²) in [4.78, 5) is 4.09. The lowest BCUT2D eigenvalue weighted by Gasteiger charge is -2.07. The van der Waals surface area contributed by atoms with E-state index < -0.39 is 0 Å². The summed E-state index contributed by atoms with van der Waals surface area (Å²) in [6.07, 6.45) is 1.68. The van der Waals surface area contributed by atoms with Crippen molar-refractivity contribution in [1.29, 1.82) is 0 Å². The van der Waals surface area contributed by atoms with Gasteiger partial charge in [-0.2, -0.15) is 0 Å². The molecule has 0 radical (unpaired) electrons. The van der Waals surface area contributed by atoms with E-state index >= 15 is 0 Å². The van der Waals surface area contributed by atoms with Gasteiger partial charge in [0.2, 0.25) is 5.88 Å². The third-order valence-corrected chi connectivity index (χ3v) is 2.93. The van der Waals surface area contributed by atoms with Gasteiger partial charge in [0, 0.05) is 28.6 Å². The van der Waals surface area contributed by atoms with Crippen molar-refractivity contribution in [3.05, 3.63) is 42.6 Å². The number of nitrogens with zero attached hydrogens (tertiary/aromatic N) is 3. The highest BCUT2D eigenvalue weighted by atomic mass is 16.5. The Morgan fingerprint density at radius 2 is 1.84 bits per heavy atom. The van der Waals surface area contributed by atoms with Crippen LogP contribution in [0, 0.1) is 0 Å². The van der Waals surface area contributed by atoms with Crippen molar-refractivity contribution in [3.8, 4) is 17.1 Å². The largest absolute Gasteiger partial charge is 0.481 e. The summed E-state index contributed by atoms with van der Waals surface area (Å²) < 4.78 is 5.13.